The van der Waals surface area contributed by atoms with Crippen LogP contribution in [0.1, 0.15) is 24.0 Å². The van der Waals surface area contributed by atoms with Gasteiger partial charge in [-0.1, -0.05) is 41.6 Å². The Labute approximate surface area is 195 Å². The lowest BCUT2D eigenvalue weighted by Gasteiger charge is -2.25. The van der Waals surface area contributed by atoms with Gasteiger partial charge in [0.2, 0.25) is 5.91 Å². The summed E-state index contributed by atoms with van der Waals surface area (Å²) in [6.07, 6.45) is 3.52. The monoisotopic (exact) mass is 474 g/mol. The summed E-state index contributed by atoms with van der Waals surface area (Å²) in [6, 6.07) is 12.0. The van der Waals surface area contributed by atoms with Gasteiger partial charge in [-0.3, -0.25) is 9.36 Å². The fraction of sp³-hybridized carbons (Fsp3) is 0.348. The largest absolute Gasteiger partial charge is 0.376 e. The third kappa shape index (κ3) is 5.68. The van der Waals surface area contributed by atoms with Gasteiger partial charge in [0.05, 0.1) is 17.5 Å². The number of ether oxygens (including phenoxy) is 1. The summed E-state index contributed by atoms with van der Waals surface area (Å²) in [5.74, 6) is -0.196. The SMILES string of the molecule is Cc1ccc(-n2cnnc2SCC(=O)N(Cc2cccc(F)c2)CC2CCCO2)cc1Cl. The lowest BCUT2D eigenvalue weighted by molar-refractivity contribution is -0.130. The zero-order chi connectivity index (χ0) is 22.5. The van der Waals surface area contributed by atoms with Crippen LogP contribution in [0.4, 0.5) is 4.39 Å². The third-order valence-corrected chi connectivity index (χ3v) is 6.67. The van der Waals surface area contributed by atoms with Crippen LogP contribution >= 0.6 is 23.4 Å². The van der Waals surface area contributed by atoms with Gasteiger partial charge in [0.15, 0.2) is 5.16 Å². The van der Waals surface area contributed by atoms with Crippen molar-refractivity contribution in [1.29, 1.82) is 0 Å². The quantitative estimate of drug-likeness (QED) is 0.444. The van der Waals surface area contributed by atoms with Crippen molar-refractivity contribution in [3.63, 3.8) is 0 Å². The molecular weight excluding hydrogens is 451 g/mol. The molecule has 2 aromatic carbocycles. The maximum atomic E-state index is 13.7. The van der Waals surface area contributed by atoms with Crippen molar-refractivity contribution in [3.05, 3.63) is 70.8 Å². The van der Waals surface area contributed by atoms with Gasteiger partial charge in [0.25, 0.3) is 0 Å². The molecule has 9 heteroatoms. The highest BCUT2D eigenvalue weighted by Crippen LogP contribution is 2.24. The number of hydrogen-bond donors (Lipinski definition) is 0. The maximum Gasteiger partial charge on any atom is 0.233 e. The van der Waals surface area contributed by atoms with E-state index in [2.05, 4.69) is 10.2 Å². The van der Waals surface area contributed by atoms with E-state index in [9.17, 15) is 9.18 Å². The van der Waals surface area contributed by atoms with Gasteiger partial charge in [0.1, 0.15) is 12.1 Å². The minimum atomic E-state index is -0.314. The van der Waals surface area contributed by atoms with Crippen molar-refractivity contribution >= 4 is 29.3 Å². The Balaban J connectivity index is 1.46. The number of aryl methyl sites for hydroxylation is 1. The Morgan fingerprint density at radius 2 is 2.22 bits per heavy atom. The van der Waals surface area contributed by atoms with Crippen LogP contribution in [-0.2, 0) is 16.1 Å². The van der Waals surface area contributed by atoms with Gasteiger partial charge < -0.3 is 9.64 Å². The average molecular weight is 475 g/mol. The summed E-state index contributed by atoms with van der Waals surface area (Å²) in [5.41, 5.74) is 2.56. The van der Waals surface area contributed by atoms with Gasteiger partial charge in [-0.15, -0.1) is 10.2 Å². The Kier molecular flexibility index (Phi) is 7.44. The molecule has 1 aliphatic rings. The lowest BCUT2D eigenvalue weighted by Crippen LogP contribution is -2.38. The van der Waals surface area contributed by atoms with Crippen molar-refractivity contribution in [1.82, 2.24) is 19.7 Å². The molecule has 1 aromatic heterocycles. The molecule has 4 rings (SSSR count). The van der Waals surface area contributed by atoms with Crippen molar-refractivity contribution in [2.24, 2.45) is 0 Å². The van der Waals surface area contributed by atoms with E-state index in [1.54, 1.807) is 21.9 Å². The molecule has 0 aliphatic carbocycles. The molecule has 32 heavy (non-hydrogen) atoms. The second kappa shape index (κ2) is 10.5. The van der Waals surface area contributed by atoms with Gasteiger partial charge in [-0.05, 0) is 55.2 Å². The molecule has 1 fully saturated rings. The zero-order valence-corrected chi connectivity index (χ0v) is 19.3. The van der Waals surface area contributed by atoms with Crippen LogP contribution in [0.3, 0.4) is 0 Å². The van der Waals surface area contributed by atoms with E-state index in [1.807, 2.05) is 31.2 Å². The predicted molar refractivity (Wildman–Crippen MR) is 123 cm³/mol. The van der Waals surface area contributed by atoms with E-state index in [0.717, 1.165) is 29.7 Å². The number of rotatable bonds is 8. The summed E-state index contributed by atoms with van der Waals surface area (Å²) in [5, 5.41) is 9.41. The summed E-state index contributed by atoms with van der Waals surface area (Å²) in [7, 11) is 0. The molecule has 1 saturated heterocycles. The van der Waals surface area contributed by atoms with E-state index in [4.69, 9.17) is 16.3 Å². The normalized spacial score (nSPS) is 15.8. The Hall–Kier alpha value is -2.42. The lowest BCUT2D eigenvalue weighted by atomic mass is 10.2. The highest BCUT2D eigenvalue weighted by molar-refractivity contribution is 7.99. The van der Waals surface area contributed by atoms with Crippen molar-refractivity contribution in [2.75, 3.05) is 18.9 Å². The van der Waals surface area contributed by atoms with Gasteiger partial charge in [0, 0.05) is 24.7 Å². The molecule has 1 unspecified atom stereocenters. The fourth-order valence-corrected chi connectivity index (χ4v) is 4.60. The van der Waals surface area contributed by atoms with Crippen molar-refractivity contribution < 1.29 is 13.9 Å². The Morgan fingerprint density at radius 1 is 1.34 bits per heavy atom. The Morgan fingerprint density at radius 3 is 2.97 bits per heavy atom. The van der Waals surface area contributed by atoms with Crippen LogP contribution in [0.5, 0.6) is 0 Å². The van der Waals surface area contributed by atoms with Crippen LogP contribution in [-0.4, -0.2) is 50.6 Å². The number of nitrogens with zero attached hydrogens (tertiary/aromatic N) is 4. The van der Waals surface area contributed by atoms with Crippen LogP contribution in [0.2, 0.25) is 5.02 Å². The molecule has 0 N–H and O–H groups in total. The molecule has 6 nitrogen and oxygen atoms in total. The molecular formula is C23H24ClFN4O2S. The van der Waals surface area contributed by atoms with Gasteiger partial charge >= 0.3 is 0 Å². The maximum absolute atomic E-state index is 13.7. The molecule has 0 bridgehead atoms. The minimum absolute atomic E-state index is 0.0101. The van der Waals surface area contributed by atoms with Crippen molar-refractivity contribution in [3.8, 4) is 5.69 Å². The first-order valence-electron chi connectivity index (χ1n) is 10.4. The number of halogens is 2. The van der Waals surface area contributed by atoms with Gasteiger partial charge in [-0.25, -0.2) is 4.39 Å². The molecule has 1 aliphatic heterocycles. The summed E-state index contributed by atoms with van der Waals surface area (Å²) >= 11 is 7.57. The minimum Gasteiger partial charge on any atom is -0.376 e. The highest BCUT2D eigenvalue weighted by Gasteiger charge is 2.23. The van der Waals surface area contributed by atoms with E-state index >= 15 is 0 Å². The third-order valence-electron chi connectivity index (χ3n) is 5.34. The second-order valence-corrected chi connectivity index (χ2v) is 9.09. The van der Waals surface area contributed by atoms with Crippen LogP contribution in [0.25, 0.3) is 5.69 Å². The first kappa shape index (κ1) is 22.8. The molecule has 168 valence electrons. The van der Waals surface area contributed by atoms with E-state index in [1.165, 1.54) is 23.9 Å². The molecule has 1 amide bonds. The van der Waals surface area contributed by atoms with Gasteiger partial charge in [-0.2, -0.15) is 0 Å². The zero-order valence-electron chi connectivity index (χ0n) is 17.7. The number of carbonyl (C=O) groups is 1. The van der Waals surface area contributed by atoms with Crippen molar-refractivity contribution in [2.45, 2.75) is 37.6 Å². The molecule has 3 aromatic rings. The molecule has 1 atom stereocenters. The number of carbonyl (C=O) groups excluding carboxylic acids is 1. The number of benzene rings is 2. The van der Waals surface area contributed by atoms with E-state index in [-0.39, 0.29) is 23.6 Å². The second-order valence-electron chi connectivity index (χ2n) is 7.74. The average Bonchev–Trinajstić information content (AvgIpc) is 3.45. The number of aromatic nitrogens is 3. The Bertz CT molecular complexity index is 1090. The highest BCUT2D eigenvalue weighted by atomic mass is 35.5. The molecule has 2 heterocycles. The fourth-order valence-electron chi connectivity index (χ4n) is 3.59. The number of thioether (sulfide) groups is 1. The number of amides is 1. The molecule has 0 saturated carbocycles. The first-order chi connectivity index (χ1) is 15.5. The molecule has 0 radical (unpaired) electrons. The number of hydrogen-bond acceptors (Lipinski definition) is 5. The van der Waals surface area contributed by atoms with E-state index < -0.39 is 0 Å². The summed E-state index contributed by atoms with van der Waals surface area (Å²) in [4.78, 5) is 14.9. The summed E-state index contributed by atoms with van der Waals surface area (Å²) < 4.78 is 21.2. The topological polar surface area (TPSA) is 60.2 Å². The summed E-state index contributed by atoms with van der Waals surface area (Å²) in [6.45, 7) is 3.46. The molecule has 0 spiro atoms. The smallest absolute Gasteiger partial charge is 0.233 e. The van der Waals surface area contributed by atoms with Crippen LogP contribution in [0, 0.1) is 12.7 Å². The van der Waals surface area contributed by atoms with Crippen LogP contribution in [0.15, 0.2) is 53.9 Å². The first-order valence-corrected chi connectivity index (χ1v) is 11.8. The van der Waals surface area contributed by atoms with Crippen LogP contribution < -0.4 is 0 Å². The van der Waals surface area contributed by atoms with E-state index in [0.29, 0.717) is 29.9 Å². The predicted octanol–water partition coefficient (Wildman–Crippen LogP) is 4.67. The standard InChI is InChI=1S/C23H24ClFN4O2S/c1-16-7-8-19(11-21(16)24)29-15-26-27-23(29)32-14-22(30)28(13-20-6-3-9-31-20)12-17-4-2-5-18(25)10-17/h2,4-5,7-8,10-11,15,20H,3,6,9,12-14H2,1H3.